The summed E-state index contributed by atoms with van der Waals surface area (Å²) in [6.07, 6.45) is -0.250. The van der Waals surface area contributed by atoms with Crippen molar-refractivity contribution in [3.8, 4) is 0 Å². The molecule has 1 rings (SSSR count). The van der Waals surface area contributed by atoms with E-state index in [1.165, 1.54) is 6.07 Å². The number of nitro benzene ring substituents is 1. The van der Waals surface area contributed by atoms with Gasteiger partial charge in [-0.15, -0.1) is 0 Å². The van der Waals surface area contributed by atoms with Crippen molar-refractivity contribution >= 4 is 11.7 Å². The summed E-state index contributed by atoms with van der Waals surface area (Å²) < 4.78 is 0. The van der Waals surface area contributed by atoms with Gasteiger partial charge in [0, 0.05) is 17.7 Å². The van der Waals surface area contributed by atoms with Gasteiger partial charge in [-0.3, -0.25) is 14.9 Å². The van der Waals surface area contributed by atoms with E-state index in [4.69, 9.17) is 10.8 Å². The minimum atomic E-state index is -1.03. The average Bonchev–Trinajstić information content (AvgIpc) is 2.16. The highest BCUT2D eigenvalue weighted by Gasteiger charge is 2.16. The van der Waals surface area contributed by atoms with Gasteiger partial charge in [-0.25, -0.2) is 0 Å². The van der Waals surface area contributed by atoms with Gasteiger partial charge in [-0.05, 0) is 12.5 Å². The fourth-order valence-electron chi connectivity index (χ4n) is 1.36. The largest absolute Gasteiger partial charge is 0.481 e. The van der Waals surface area contributed by atoms with E-state index in [1.54, 1.807) is 19.1 Å². The van der Waals surface area contributed by atoms with Gasteiger partial charge >= 0.3 is 5.97 Å². The number of carboxylic acid groups (broad SMARTS) is 1. The lowest BCUT2D eigenvalue weighted by Gasteiger charge is -2.09. The molecule has 0 aliphatic heterocycles. The van der Waals surface area contributed by atoms with E-state index in [9.17, 15) is 14.9 Å². The Bertz CT molecular complexity index is 431. The predicted molar refractivity (Wildman–Crippen MR) is 57.0 cm³/mol. The van der Waals surface area contributed by atoms with Gasteiger partial charge in [0.2, 0.25) is 0 Å². The summed E-state index contributed by atoms with van der Waals surface area (Å²) in [5, 5.41) is 19.2. The number of nitrogens with zero attached hydrogens (tertiary/aromatic N) is 1. The van der Waals surface area contributed by atoms with Crippen LogP contribution < -0.4 is 5.73 Å². The molecule has 1 aromatic carbocycles. The van der Waals surface area contributed by atoms with Crippen molar-refractivity contribution in [2.45, 2.75) is 19.4 Å². The molecule has 1 unspecified atom stereocenters. The molecule has 6 nitrogen and oxygen atoms in total. The summed E-state index contributed by atoms with van der Waals surface area (Å²) in [6, 6.07) is 3.77. The summed E-state index contributed by atoms with van der Waals surface area (Å²) in [4.78, 5) is 20.6. The monoisotopic (exact) mass is 224 g/mol. The number of nitrogens with two attached hydrogens (primary N) is 1. The molecule has 0 bridgehead atoms. The van der Waals surface area contributed by atoms with Crippen LogP contribution in [0.25, 0.3) is 0 Å². The Balaban J connectivity index is 3.02. The van der Waals surface area contributed by atoms with Crippen LogP contribution in [0.2, 0.25) is 0 Å². The lowest BCUT2D eigenvalue weighted by Crippen LogP contribution is -2.15. The van der Waals surface area contributed by atoms with Crippen LogP contribution in [-0.2, 0) is 4.79 Å². The lowest BCUT2D eigenvalue weighted by atomic mass is 10.0. The standard InChI is InChI=1S/C10H12N2O4/c1-6-2-3-7(4-9(6)12(15)16)8(11)5-10(13)14/h2-4,8H,5,11H2,1H3,(H,13,14). The molecular weight excluding hydrogens is 212 g/mol. The molecule has 0 aliphatic rings. The molecule has 0 spiro atoms. The number of hydrogen-bond donors (Lipinski definition) is 2. The Hall–Kier alpha value is -1.95. The van der Waals surface area contributed by atoms with Crippen molar-refractivity contribution in [2.75, 3.05) is 0 Å². The number of carboxylic acids is 1. The SMILES string of the molecule is Cc1ccc(C(N)CC(=O)O)cc1[N+](=O)[O-]. The first-order valence-electron chi connectivity index (χ1n) is 4.64. The van der Waals surface area contributed by atoms with Gasteiger partial charge in [0.15, 0.2) is 0 Å². The van der Waals surface area contributed by atoms with Gasteiger partial charge in [-0.1, -0.05) is 12.1 Å². The van der Waals surface area contributed by atoms with Crippen LogP contribution in [0.5, 0.6) is 0 Å². The summed E-state index contributed by atoms with van der Waals surface area (Å²) >= 11 is 0. The summed E-state index contributed by atoms with van der Waals surface area (Å²) in [5.41, 5.74) is 6.55. The fourth-order valence-corrected chi connectivity index (χ4v) is 1.36. The van der Waals surface area contributed by atoms with Crippen molar-refractivity contribution in [3.05, 3.63) is 39.4 Å². The third-order valence-electron chi connectivity index (χ3n) is 2.25. The predicted octanol–water partition coefficient (Wildman–Crippen LogP) is 1.38. The lowest BCUT2D eigenvalue weighted by molar-refractivity contribution is -0.385. The average molecular weight is 224 g/mol. The third kappa shape index (κ3) is 2.77. The molecule has 1 atom stereocenters. The summed E-state index contributed by atoms with van der Waals surface area (Å²) in [6.45, 7) is 1.62. The quantitative estimate of drug-likeness (QED) is 0.593. The van der Waals surface area contributed by atoms with E-state index in [0.717, 1.165) is 0 Å². The van der Waals surface area contributed by atoms with Crippen LogP contribution in [0.3, 0.4) is 0 Å². The maximum atomic E-state index is 10.7. The van der Waals surface area contributed by atoms with E-state index >= 15 is 0 Å². The highest BCUT2D eigenvalue weighted by atomic mass is 16.6. The molecule has 0 saturated carbocycles. The van der Waals surface area contributed by atoms with Crippen molar-refractivity contribution < 1.29 is 14.8 Å². The zero-order valence-electron chi connectivity index (χ0n) is 8.71. The molecule has 6 heteroatoms. The zero-order chi connectivity index (χ0) is 12.3. The van der Waals surface area contributed by atoms with Crippen LogP contribution in [0.15, 0.2) is 18.2 Å². The second-order valence-electron chi connectivity index (χ2n) is 3.51. The Morgan fingerprint density at radius 2 is 2.25 bits per heavy atom. The van der Waals surface area contributed by atoms with Gasteiger partial charge < -0.3 is 10.8 Å². The molecule has 0 saturated heterocycles. The van der Waals surface area contributed by atoms with E-state index in [0.29, 0.717) is 11.1 Å². The van der Waals surface area contributed by atoms with Crippen LogP contribution in [0, 0.1) is 17.0 Å². The van der Waals surface area contributed by atoms with E-state index in [2.05, 4.69) is 0 Å². The molecule has 16 heavy (non-hydrogen) atoms. The zero-order valence-corrected chi connectivity index (χ0v) is 8.71. The summed E-state index contributed by atoms with van der Waals surface area (Å²) in [5.74, 6) is -1.03. The van der Waals surface area contributed by atoms with E-state index in [-0.39, 0.29) is 12.1 Å². The third-order valence-corrected chi connectivity index (χ3v) is 2.25. The number of carbonyl (C=O) groups is 1. The maximum absolute atomic E-state index is 10.7. The Morgan fingerprint density at radius 1 is 1.62 bits per heavy atom. The first kappa shape index (κ1) is 12.1. The van der Waals surface area contributed by atoms with Gasteiger partial charge in [-0.2, -0.15) is 0 Å². The molecular formula is C10H12N2O4. The maximum Gasteiger partial charge on any atom is 0.305 e. The van der Waals surface area contributed by atoms with Crippen LogP contribution in [0.4, 0.5) is 5.69 Å². The minimum Gasteiger partial charge on any atom is -0.481 e. The van der Waals surface area contributed by atoms with Crippen LogP contribution in [-0.4, -0.2) is 16.0 Å². The fraction of sp³-hybridized carbons (Fsp3) is 0.300. The first-order chi connectivity index (χ1) is 7.41. The van der Waals surface area contributed by atoms with Gasteiger partial charge in [0.05, 0.1) is 11.3 Å². The first-order valence-corrected chi connectivity index (χ1v) is 4.64. The molecule has 1 aromatic rings. The highest BCUT2D eigenvalue weighted by molar-refractivity contribution is 5.68. The number of nitro groups is 1. The smallest absolute Gasteiger partial charge is 0.305 e. The highest BCUT2D eigenvalue weighted by Crippen LogP contribution is 2.23. The Labute approximate surface area is 91.8 Å². The minimum absolute atomic E-state index is 0.0432. The molecule has 0 amide bonds. The molecule has 0 radical (unpaired) electrons. The van der Waals surface area contributed by atoms with E-state index in [1.807, 2.05) is 0 Å². The van der Waals surface area contributed by atoms with Gasteiger partial charge in [0.25, 0.3) is 5.69 Å². The Morgan fingerprint density at radius 3 is 2.75 bits per heavy atom. The molecule has 0 aromatic heterocycles. The molecule has 0 aliphatic carbocycles. The van der Waals surface area contributed by atoms with Gasteiger partial charge in [0.1, 0.15) is 0 Å². The molecule has 0 fully saturated rings. The topological polar surface area (TPSA) is 106 Å². The van der Waals surface area contributed by atoms with Crippen molar-refractivity contribution in [1.82, 2.24) is 0 Å². The molecule has 3 N–H and O–H groups in total. The van der Waals surface area contributed by atoms with E-state index < -0.39 is 16.9 Å². The van der Waals surface area contributed by atoms with Crippen molar-refractivity contribution in [2.24, 2.45) is 5.73 Å². The second kappa shape index (κ2) is 4.71. The number of benzene rings is 1. The second-order valence-corrected chi connectivity index (χ2v) is 3.51. The number of hydrogen-bond acceptors (Lipinski definition) is 4. The van der Waals surface area contributed by atoms with Crippen LogP contribution in [0.1, 0.15) is 23.6 Å². The normalized spacial score (nSPS) is 12.1. The molecule has 86 valence electrons. The number of aliphatic carboxylic acids is 1. The Kier molecular flexibility index (Phi) is 3.57. The van der Waals surface area contributed by atoms with Crippen molar-refractivity contribution in [1.29, 1.82) is 0 Å². The van der Waals surface area contributed by atoms with Crippen LogP contribution >= 0.6 is 0 Å². The summed E-state index contributed by atoms with van der Waals surface area (Å²) in [7, 11) is 0. The number of aryl methyl sites for hydroxylation is 1. The number of rotatable bonds is 4. The molecule has 0 heterocycles. The van der Waals surface area contributed by atoms with Crippen molar-refractivity contribution in [3.63, 3.8) is 0 Å².